The molecule has 0 unspecified atom stereocenters. The minimum Gasteiger partial charge on any atom is -0.487 e. The van der Waals surface area contributed by atoms with Gasteiger partial charge in [0.25, 0.3) is 0 Å². The van der Waals surface area contributed by atoms with Gasteiger partial charge in [-0.05, 0) is 28.8 Å². The Bertz CT molecular complexity index is 301. The van der Waals surface area contributed by atoms with E-state index in [2.05, 4.69) is 20.9 Å². The van der Waals surface area contributed by atoms with Crippen molar-refractivity contribution in [3.63, 3.8) is 0 Å². The molecule has 12 heavy (non-hydrogen) atoms. The van der Waals surface area contributed by atoms with Crippen molar-refractivity contribution in [2.45, 2.75) is 18.9 Å². The molecule has 0 aromatic carbocycles. The highest BCUT2D eigenvalue weighted by atomic mass is 79.9. The first kappa shape index (κ1) is 7.98. The molecular formula is C8H7BrFNO. The van der Waals surface area contributed by atoms with E-state index in [0.29, 0.717) is 10.4 Å². The van der Waals surface area contributed by atoms with Crippen LogP contribution < -0.4 is 4.74 Å². The second-order valence-electron chi connectivity index (χ2n) is 2.76. The summed E-state index contributed by atoms with van der Waals surface area (Å²) in [6.07, 6.45) is 3.54. The van der Waals surface area contributed by atoms with E-state index in [4.69, 9.17) is 4.74 Å². The van der Waals surface area contributed by atoms with E-state index in [0.717, 1.165) is 19.0 Å². The molecule has 1 heterocycles. The van der Waals surface area contributed by atoms with Crippen LogP contribution in [0.5, 0.6) is 5.75 Å². The van der Waals surface area contributed by atoms with E-state index in [1.54, 1.807) is 0 Å². The smallest absolute Gasteiger partial charge is 0.155 e. The van der Waals surface area contributed by atoms with Crippen molar-refractivity contribution >= 4 is 15.9 Å². The molecule has 64 valence electrons. The number of rotatable bonds is 2. The van der Waals surface area contributed by atoms with Gasteiger partial charge >= 0.3 is 0 Å². The lowest BCUT2D eigenvalue weighted by Crippen LogP contribution is -1.98. The third-order valence-corrected chi connectivity index (χ3v) is 2.19. The van der Waals surface area contributed by atoms with Gasteiger partial charge in [-0.25, -0.2) is 9.37 Å². The maximum atomic E-state index is 12.7. The number of nitrogens with zero attached hydrogens (tertiary/aromatic N) is 1. The van der Waals surface area contributed by atoms with Gasteiger partial charge in [-0.1, -0.05) is 0 Å². The van der Waals surface area contributed by atoms with Gasteiger partial charge in [0, 0.05) is 6.07 Å². The molecule has 1 saturated carbocycles. The van der Waals surface area contributed by atoms with Crippen molar-refractivity contribution < 1.29 is 9.13 Å². The van der Waals surface area contributed by atoms with Crippen LogP contribution in [-0.2, 0) is 0 Å². The highest BCUT2D eigenvalue weighted by molar-refractivity contribution is 9.10. The van der Waals surface area contributed by atoms with Crippen LogP contribution in [0.2, 0.25) is 0 Å². The van der Waals surface area contributed by atoms with Crippen LogP contribution in [0.4, 0.5) is 4.39 Å². The first-order valence-electron chi connectivity index (χ1n) is 3.73. The first-order chi connectivity index (χ1) is 5.75. The predicted molar refractivity (Wildman–Crippen MR) is 45.5 cm³/mol. The molecule has 1 aliphatic rings. The topological polar surface area (TPSA) is 22.1 Å². The highest BCUT2D eigenvalue weighted by Gasteiger charge is 2.24. The lowest BCUT2D eigenvalue weighted by molar-refractivity contribution is 0.298. The maximum absolute atomic E-state index is 12.7. The summed E-state index contributed by atoms with van der Waals surface area (Å²) in [4.78, 5) is 3.78. The van der Waals surface area contributed by atoms with Crippen molar-refractivity contribution in [1.82, 2.24) is 4.98 Å². The normalized spacial score (nSPS) is 16.2. The number of aromatic nitrogens is 1. The van der Waals surface area contributed by atoms with E-state index in [1.165, 1.54) is 6.07 Å². The molecule has 0 N–H and O–H groups in total. The average molecular weight is 232 g/mol. The zero-order valence-electron chi connectivity index (χ0n) is 6.26. The van der Waals surface area contributed by atoms with Gasteiger partial charge in [0.15, 0.2) is 5.75 Å². The fourth-order valence-corrected chi connectivity index (χ4v) is 1.16. The summed E-state index contributed by atoms with van der Waals surface area (Å²) in [7, 11) is 0. The Morgan fingerprint density at radius 3 is 3.00 bits per heavy atom. The van der Waals surface area contributed by atoms with Gasteiger partial charge in [0.2, 0.25) is 0 Å². The van der Waals surface area contributed by atoms with Gasteiger partial charge in [-0.2, -0.15) is 0 Å². The molecule has 1 fully saturated rings. The molecule has 0 bridgehead atoms. The van der Waals surface area contributed by atoms with Crippen molar-refractivity contribution in [1.29, 1.82) is 0 Å². The number of ether oxygens (including phenoxy) is 1. The minimum absolute atomic E-state index is 0.268. The fraction of sp³-hybridized carbons (Fsp3) is 0.375. The van der Waals surface area contributed by atoms with Gasteiger partial charge < -0.3 is 4.74 Å². The van der Waals surface area contributed by atoms with Crippen LogP contribution in [0.1, 0.15) is 12.8 Å². The van der Waals surface area contributed by atoms with E-state index in [9.17, 15) is 4.39 Å². The zero-order valence-corrected chi connectivity index (χ0v) is 7.84. The van der Waals surface area contributed by atoms with Gasteiger partial charge in [-0.3, -0.25) is 0 Å². The molecule has 2 rings (SSSR count). The Hall–Kier alpha value is -0.640. The Balaban J connectivity index is 2.21. The molecule has 0 saturated heterocycles. The molecule has 1 aromatic heterocycles. The molecule has 0 atom stereocenters. The Kier molecular flexibility index (Phi) is 2.00. The molecule has 4 heteroatoms. The Labute approximate surface area is 77.9 Å². The number of hydrogen-bond donors (Lipinski definition) is 0. The summed E-state index contributed by atoms with van der Waals surface area (Å²) in [5.41, 5.74) is 0. The first-order valence-corrected chi connectivity index (χ1v) is 4.53. The lowest BCUT2D eigenvalue weighted by Gasteiger charge is -2.04. The summed E-state index contributed by atoms with van der Waals surface area (Å²) in [6.45, 7) is 0. The third-order valence-electron chi connectivity index (χ3n) is 1.59. The maximum Gasteiger partial charge on any atom is 0.155 e. The molecule has 0 amide bonds. The molecule has 2 nitrogen and oxygen atoms in total. The third kappa shape index (κ3) is 1.75. The largest absolute Gasteiger partial charge is 0.487 e. The Morgan fingerprint density at radius 1 is 1.58 bits per heavy atom. The summed E-state index contributed by atoms with van der Waals surface area (Å²) in [5.74, 6) is 0.131. The van der Waals surface area contributed by atoms with Crippen LogP contribution in [0, 0.1) is 5.82 Å². The van der Waals surface area contributed by atoms with Crippen LogP contribution >= 0.6 is 15.9 Å². The van der Waals surface area contributed by atoms with Crippen LogP contribution in [-0.4, -0.2) is 11.1 Å². The second-order valence-corrected chi connectivity index (χ2v) is 3.51. The fourth-order valence-electron chi connectivity index (χ4n) is 0.852. The van der Waals surface area contributed by atoms with Crippen molar-refractivity contribution in [2.24, 2.45) is 0 Å². The summed E-state index contributed by atoms with van der Waals surface area (Å²) < 4.78 is 18.6. The zero-order chi connectivity index (χ0) is 8.55. The molecule has 1 aliphatic carbocycles. The van der Waals surface area contributed by atoms with Crippen LogP contribution in [0.25, 0.3) is 0 Å². The van der Waals surface area contributed by atoms with Crippen molar-refractivity contribution in [3.05, 3.63) is 22.7 Å². The second kappa shape index (κ2) is 3.01. The lowest BCUT2D eigenvalue weighted by atomic mass is 10.4. The van der Waals surface area contributed by atoms with Crippen molar-refractivity contribution in [3.8, 4) is 5.75 Å². The van der Waals surface area contributed by atoms with E-state index in [1.807, 2.05) is 0 Å². The SMILES string of the molecule is Fc1cnc(Br)c(OC2CC2)c1. The Morgan fingerprint density at radius 2 is 2.33 bits per heavy atom. The van der Waals surface area contributed by atoms with Crippen LogP contribution in [0.3, 0.4) is 0 Å². The molecule has 0 spiro atoms. The monoisotopic (exact) mass is 231 g/mol. The van der Waals surface area contributed by atoms with E-state index in [-0.39, 0.29) is 11.9 Å². The highest BCUT2D eigenvalue weighted by Crippen LogP contribution is 2.30. The standard InChI is InChI=1S/C8H7BrFNO/c9-8-7(12-6-1-2-6)3-5(10)4-11-8/h3-4,6H,1-2H2. The van der Waals surface area contributed by atoms with Gasteiger partial charge in [0.1, 0.15) is 10.4 Å². The molecule has 1 aromatic rings. The molecule has 0 aliphatic heterocycles. The molecule has 0 radical (unpaired) electrons. The van der Waals surface area contributed by atoms with Crippen molar-refractivity contribution in [2.75, 3.05) is 0 Å². The van der Waals surface area contributed by atoms with E-state index < -0.39 is 0 Å². The molecular weight excluding hydrogens is 225 g/mol. The van der Waals surface area contributed by atoms with Crippen LogP contribution in [0.15, 0.2) is 16.9 Å². The summed E-state index contributed by atoms with van der Waals surface area (Å²) >= 11 is 3.18. The average Bonchev–Trinajstić information content (AvgIpc) is 2.81. The van der Waals surface area contributed by atoms with E-state index >= 15 is 0 Å². The van der Waals surface area contributed by atoms with Gasteiger partial charge in [-0.15, -0.1) is 0 Å². The quantitative estimate of drug-likeness (QED) is 0.731. The predicted octanol–water partition coefficient (Wildman–Crippen LogP) is 2.52. The minimum atomic E-state index is -0.367. The number of hydrogen-bond acceptors (Lipinski definition) is 2. The number of pyridine rings is 1. The summed E-state index contributed by atoms with van der Waals surface area (Å²) in [6, 6.07) is 1.34. The summed E-state index contributed by atoms with van der Waals surface area (Å²) in [5, 5.41) is 0. The van der Waals surface area contributed by atoms with Gasteiger partial charge in [0.05, 0.1) is 12.3 Å². The number of halogens is 2.